The van der Waals surface area contributed by atoms with Crippen LogP contribution in [0.4, 0.5) is 9.59 Å². The molecule has 1 aliphatic heterocycles. The van der Waals surface area contributed by atoms with E-state index in [-0.39, 0.29) is 13.2 Å². The molecule has 4 aromatic heterocycles. The van der Waals surface area contributed by atoms with Crippen LogP contribution in [0.25, 0.3) is 11.6 Å². The van der Waals surface area contributed by atoms with E-state index in [1.807, 2.05) is 115 Å². The fourth-order valence-electron chi connectivity index (χ4n) is 5.86. The minimum atomic E-state index is -0.515. The Balaban J connectivity index is 0.000000254. The number of pyridine rings is 2. The Morgan fingerprint density at radius 1 is 0.656 bits per heavy atom. The molecule has 20 heteroatoms. The molecule has 0 unspecified atom stereocenters. The monoisotopic (exact) mass is 886 g/mol. The number of nitrogens with zero attached hydrogens (tertiary/aromatic N) is 7. The number of carbonyl (C=O) groups excluding carboxylic acids is 4. The topological polar surface area (TPSA) is 220 Å². The maximum atomic E-state index is 12.3. The molecule has 4 amide bonds. The van der Waals surface area contributed by atoms with Gasteiger partial charge in [0.05, 0.1) is 36.6 Å². The lowest BCUT2D eigenvalue weighted by atomic mass is 10.1. The van der Waals surface area contributed by atoms with E-state index in [9.17, 15) is 19.2 Å². The summed E-state index contributed by atoms with van der Waals surface area (Å²) in [5.74, 6) is 6.67. The number of ether oxygens (including phenoxy) is 4. The molecule has 0 saturated carbocycles. The van der Waals surface area contributed by atoms with Gasteiger partial charge in [0, 0.05) is 38.1 Å². The second-order valence-corrected chi connectivity index (χ2v) is 16.2. The summed E-state index contributed by atoms with van der Waals surface area (Å²) in [6.07, 6.45) is 15.5. The Morgan fingerprint density at radius 2 is 1.11 bits per heavy atom. The molecule has 0 saturated heterocycles. The highest BCUT2D eigenvalue weighted by molar-refractivity contribution is 6.20. The van der Waals surface area contributed by atoms with Crippen LogP contribution in [0.15, 0.2) is 98.4 Å². The summed E-state index contributed by atoms with van der Waals surface area (Å²) < 4.78 is 29.3. The van der Waals surface area contributed by atoms with Crippen LogP contribution in [0.5, 0.6) is 11.5 Å². The Hall–Kier alpha value is -6.90. The molecule has 342 valence electrons. The van der Waals surface area contributed by atoms with Crippen molar-refractivity contribution in [3.8, 4) is 23.1 Å². The molecule has 0 radical (unpaired) electrons. The van der Waals surface area contributed by atoms with Crippen LogP contribution in [0.2, 0.25) is 0 Å². The van der Waals surface area contributed by atoms with E-state index in [1.165, 1.54) is 0 Å². The smallest absolute Gasteiger partial charge is 0.407 e. The second-order valence-electron chi connectivity index (χ2n) is 16.2. The Labute approximate surface area is 371 Å². The van der Waals surface area contributed by atoms with Gasteiger partial charge >= 0.3 is 12.2 Å². The number of nitrogens with one attached hydrogen (secondary N) is 2. The van der Waals surface area contributed by atoms with Crippen molar-refractivity contribution in [1.29, 1.82) is 0 Å². The van der Waals surface area contributed by atoms with Gasteiger partial charge in [-0.15, -0.1) is 5.06 Å². The molecule has 1 aromatic carbocycles. The number of carbonyl (C=O) groups is 4. The van der Waals surface area contributed by atoms with Crippen LogP contribution in [-0.2, 0) is 32.2 Å². The molecule has 4 N–H and O–H groups in total. The van der Waals surface area contributed by atoms with Crippen molar-refractivity contribution in [2.45, 2.75) is 78.7 Å². The van der Waals surface area contributed by atoms with E-state index in [0.29, 0.717) is 54.7 Å². The van der Waals surface area contributed by atoms with Gasteiger partial charge in [0.25, 0.3) is 11.8 Å². The van der Waals surface area contributed by atoms with E-state index in [4.69, 9.17) is 29.7 Å². The van der Waals surface area contributed by atoms with Gasteiger partial charge in [0.1, 0.15) is 73.9 Å². The Kier molecular flexibility index (Phi) is 17.3. The first-order chi connectivity index (χ1) is 30.6. The molecule has 5 aromatic rings. The Bertz CT molecular complexity index is 2250. The fraction of sp³-hybridized carbons (Fsp3) is 0.409. The average Bonchev–Trinajstić information content (AvgIpc) is 3.99. The van der Waals surface area contributed by atoms with Crippen LogP contribution in [0.3, 0.4) is 0 Å². The van der Waals surface area contributed by atoms with E-state index >= 15 is 0 Å². The van der Waals surface area contributed by atoms with E-state index in [0.717, 1.165) is 36.8 Å². The number of benzene rings is 1. The number of fused-ring (bicyclic) bond motifs is 1. The predicted octanol–water partition coefficient (Wildman–Crippen LogP) is 4.02. The van der Waals surface area contributed by atoms with Crippen molar-refractivity contribution in [2.75, 3.05) is 39.5 Å². The van der Waals surface area contributed by atoms with Crippen molar-refractivity contribution in [2.24, 2.45) is 5.90 Å². The molecule has 0 fully saturated rings. The number of hydrogen-bond acceptors (Lipinski definition) is 13. The summed E-state index contributed by atoms with van der Waals surface area (Å²) in [5, 5.41) is 6.27. The van der Waals surface area contributed by atoms with Gasteiger partial charge in [-0.05, 0) is 65.8 Å². The normalized spacial score (nSPS) is 12.3. The summed E-state index contributed by atoms with van der Waals surface area (Å²) in [6.45, 7) is 14.4. The molecular weight excluding hydrogens is 829 g/mol. The minimum absolute atomic E-state index is 0.0214. The van der Waals surface area contributed by atoms with E-state index in [2.05, 4.69) is 25.4 Å². The van der Waals surface area contributed by atoms with Gasteiger partial charge in [0.15, 0.2) is 0 Å². The molecule has 0 spiro atoms. The predicted molar refractivity (Wildman–Crippen MR) is 229 cm³/mol. The quantitative estimate of drug-likeness (QED) is 0.0462. The third-order valence-corrected chi connectivity index (χ3v) is 8.68. The summed E-state index contributed by atoms with van der Waals surface area (Å²) in [5.41, 5.74) is -0.338. The zero-order chi connectivity index (χ0) is 46.1. The van der Waals surface area contributed by atoms with Crippen LogP contribution >= 0.6 is 0 Å². The SMILES string of the molecule is CC(C)(C)OC(=O)NCCC[n+]1ccn(-c2ccc(OCCON)cn2)c1.CC(C)(C)OC(=O)NCCC[n+]1ccn(-c2ccc(OCCON3C(=O)c4ccccc4C3=O)cn2)c1. The summed E-state index contributed by atoms with van der Waals surface area (Å²) in [7, 11) is 0. The number of imide groups is 1. The molecule has 0 atom stereocenters. The number of aryl methyl sites for hydroxylation is 2. The number of aromatic nitrogens is 6. The van der Waals surface area contributed by atoms with Crippen molar-refractivity contribution >= 4 is 24.0 Å². The Morgan fingerprint density at radius 3 is 1.52 bits per heavy atom. The minimum Gasteiger partial charge on any atom is -0.489 e. The molecular formula is C44H58N10O10+2. The fourth-order valence-corrected chi connectivity index (χ4v) is 5.86. The van der Waals surface area contributed by atoms with Crippen molar-refractivity contribution in [3.05, 3.63) is 109 Å². The third-order valence-electron chi connectivity index (χ3n) is 8.68. The lowest BCUT2D eigenvalue weighted by Gasteiger charge is -2.19. The van der Waals surface area contributed by atoms with Gasteiger partial charge < -0.3 is 34.4 Å². The summed E-state index contributed by atoms with van der Waals surface area (Å²) >= 11 is 0. The van der Waals surface area contributed by atoms with Gasteiger partial charge in [-0.1, -0.05) is 12.1 Å². The zero-order valence-corrected chi connectivity index (χ0v) is 37.1. The van der Waals surface area contributed by atoms with Gasteiger partial charge in [0.2, 0.25) is 24.3 Å². The van der Waals surface area contributed by atoms with Gasteiger partial charge in [-0.2, -0.15) is 9.13 Å². The lowest BCUT2D eigenvalue weighted by molar-refractivity contribution is -0.696. The first kappa shape index (κ1) is 48.1. The zero-order valence-electron chi connectivity index (χ0n) is 37.1. The van der Waals surface area contributed by atoms with Crippen molar-refractivity contribution in [3.63, 3.8) is 0 Å². The molecule has 1 aliphatic rings. The highest BCUT2D eigenvalue weighted by atomic mass is 16.7. The molecule has 0 bridgehead atoms. The largest absolute Gasteiger partial charge is 0.489 e. The number of rotatable bonds is 19. The van der Waals surface area contributed by atoms with Crippen LogP contribution in [0, 0.1) is 0 Å². The van der Waals surface area contributed by atoms with Crippen molar-refractivity contribution in [1.82, 2.24) is 34.8 Å². The van der Waals surface area contributed by atoms with Crippen molar-refractivity contribution < 1.29 is 56.9 Å². The summed E-state index contributed by atoms with van der Waals surface area (Å²) in [6, 6.07) is 13.9. The highest BCUT2D eigenvalue weighted by Crippen LogP contribution is 2.22. The molecule has 0 aliphatic carbocycles. The maximum absolute atomic E-state index is 12.3. The van der Waals surface area contributed by atoms with Gasteiger partial charge in [-0.3, -0.25) is 14.4 Å². The van der Waals surface area contributed by atoms with Crippen LogP contribution < -0.4 is 35.1 Å². The number of amides is 4. The lowest BCUT2D eigenvalue weighted by Crippen LogP contribution is -2.36. The second kappa shape index (κ2) is 23.0. The third kappa shape index (κ3) is 15.5. The standard InChI is InChI=1S/C26H29N5O6.C18H27N5O4/c1-26(2,3)37-25(34)27-11-6-12-29-13-14-30(18-29)22-10-9-19(17-28-22)35-15-16-36-31-23(32)20-7-4-5-8-21(20)24(31)33;1-18(2,3)27-17(24)20-7-4-8-22-9-10-23(14-22)16-6-5-15(13-21-16)25-11-12-26-19/h4-5,7-10,13-14,17-18H,6,11-12,15-16H2,1-3H3;5-6,9-10,13-14H,4,7-8,11-12,19H2,1-3H3/p+2. The number of imidazole rings is 2. The number of hydroxylamine groups is 2. The van der Waals surface area contributed by atoms with E-state index < -0.39 is 35.2 Å². The van der Waals surface area contributed by atoms with Crippen LogP contribution in [-0.4, -0.2) is 98.9 Å². The molecule has 6 rings (SSSR count). The maximum Gasteiger partial charge on any atom is 0.407 e. The highest BCUT2D eigenvalue weighted by Gasteiger charge is 2.36. The summed E-state index contributed by atoms with van der Waals surface area (Å²) in [4.78, 5) is 66.5. The first-order valence-electron chi connectivity index (χ1n) is 20.8. The van der Waals surface area contributed by atoms with E-state index in [1.54, 1.807) is 42.7 Å². The number of hydrogen-bond donors (Lipinski definition) is 3. The number of nitrogens with two attached hydrogens (primary N) is 1. The average molecular weight is 887 g/mol. The first-order valence-corrected chi connectivity index (χ1v) is 20.8. The van der Waals surface area contributed by atoms with Gasteiger partial charge in [-0.25, -0.2) is 34.6 Å². The number of alkyl carbamates (subject to hydrolysis) is 2. The van der Waals surface area contributed by atoms with Crippen LogP contribution in [0.1, 0.15) is 75.1 Å². The molecule has 5 heterocycles. The molecule has 64 heavy (non-hydrogen) atoms. The molecule has 20 nitrogen and oxygen atoms in total.